The van der Waals surface area contributed by atoms with Crippen LogP contribution in [0.5, 0.6) is 0 Å². The number of amides is 1. The van der Waals surface area contributed by atoms with Gasteiger partial charge in [-0.1, -0.05) is 24.3 Å². The van der Waals surface area contributed by atoms with Gasteiger partial charge in [0.25, 0.3) is 0 Å². The highest BCUT2D eigenvalue weighted by Gasteiger charge is 1.98. The van der Waals surface area contributed by atoms with Crippen LogP contribution < -0.4 is 11.1 Å². The minimum absolute atomic E-state index is 0.0932. The summed E-state index contributed by atoms with van der Waals surface area (Å²) in [6.07, 6.45) is 3.36. The number of thiophene rings is 1. The first-order chi connectivity index (χ1) is 9.28. The molecule has 3 N–H and O–H groups in total. The van der Waals surface area contributed by atoms with Gasteiger partial charge < -0.3 is 11.1 Å². The van der Waals surface area contributed by atoms with E-state index in [1.165, 1.54) is 0 Å². The van der Waals surface area contributed by atoms with Crippen LogP contribution in [0.4, 0.5) is 0 Å². The maximum Gasteiger partial charge on any atom is 0.244 e. The van der Waals surface area contributed by atoms with Gasteiger partial charge in [-0.05, 0) is 39.6 Å². The highest BCUT2D eigenvalue weighted by atomic mass is 32.1. The van der Waals surface area contributed by atoms with Crippen molar-refractivity contribution in [2.45, 2.75) is 13.1 Å². The summed E-state index contributed by atoms with van der Waals surface area (Å²) in [6.45, 7) is 1.03. The Kier molecular flexibility index (Phi) is 4.89. The van der Waals surface area contributed by atoms with E-state index >= 15 is 0 Å². The third-order valence-electron chi connectivity index (χ3n) is 2.66. The molecule has 1 amide bonds. The first-order valence-corrected chi connectivity index (χ1v) is 6.98. The monoisotopic (exact) mass is 272 g/mol. The summed E-state index contributed by atoms with van der Waals surface area (Å²) >= 11 is 1.61. The van der Waals surface area contributed by atoms with Crippen molar-refractivity contribution in [2.24, 2.45) is 5.73 Å². The normalized spacial score (nSPS) is 10.8. The van der Waals surface area contributed by atoms with Crippen molar-refractivity contribution in [3.8, 4) is 0 Å². The van der Waals surface area contributed by atoms with E-state index in [0.29, 0.717) is 13.1 Å². The molecule has 1 aromatic heterocycles. The fourth-order valence-corrected chi connectivity index (χ4v) is 2.28. The second-order valence-electron chi connectivity index (χ2n) is 4.13. The van der Waals surface area contributed by atoms with Crippen LogP contribution in [0.3, 0.4) is 0 Å². The van der Waals surface area contributed by atoms with Crippen LogP contribution in [0.2, 0.25) is 0 Å². The third-order valence-corrected chi connectivity index (χ3v) is 3.37. The highest BCUT2D eigenvalue weighted by molar-refractivity contribution is 7.08. The van der Waals surface area contributed by atoms with E-state index in [-0.39, 0.29) is 5.91 Å². The molecule has 0 fully saturated rings. The Morgan fingerprint density at radius 2 is 2.16 bits per heavy atom. The summed E-state index contributed by atoms with van der Waals surface area (Å²) < 4.78 is 0. The van der Waals surface area contributed by atoms with Crippen LogP contribution in [-0.4, -0.2) is 5.91 Å². The molecule has 1 heterocycles. The summed E-state index contributed by atoms with van der Waals surface area (Å²) in [5, 5.41) is 6.83. The second-order valence-corrected chi connectivity index (χ2v) is 4.91. The van der Waals surface area contributed by atoms with Gasteiger partial charge in [-0.3, -0.25) is 4.79 Å². The molecule has 0 radical (unpaired) electrons. The SMILES string of the molecule is NCc1cccc(CNC(=O)/C=C/c2ccsc2)c1. The average Bonchev–Trinajstić information content (AvgIpc) is 2.96. The molecule has 0 bridgehead atoms. The van der Waals surface area contributed by atoms with Crippen molar-refractivity contribution in [3.63, 3.8) is 0 Å². The van der Waals surface area contributed by atoms with Gasteiger partial charge in [-0.2, -0.15) is 11.3 Å². The Balaban J connectivity index is 1.86. The van der Waals surface area contributed by atoms with Gasteiger partial charge in [0, 0.05) is 19.2 Å². The molecular weight excluding hydrogens is 256 g/mol. The molecule has 19 heavy (non-hydrogen) atoms. The Hall–Kier alpha value is -1.91. The molecule has 0 aliphatic carbocycles. The van der Waals surface area contributed by atoms with Gasteiger partial charge in [0.15, 0.2) is 0 Å². The largest absolute Gasteiger partial charge is 0.348 e. The standard InChI is InChI=1S/C15H16N2OS/c16-9-13-2-1-3-14(8-13)10-17-15(18)5-4-12-6-7-19-11-12/h1-8,11H,9-10,16H2,(H,17,18)/b5-4+. The van der Waals surface area contributed by atoms with Gasteiger partial charge in [-0.25, -0.2) is 0 Å². The van der Waals surface area contributed by atoms with Crippen molar-refractivity contribution in [1.82, 2.24) is 5.32 Å². The number of carbonyl (C=O) groups excluding carboxylic acids is 1. The quantitative estimate of drug-likeness (QED) is 0.822. The average molecular weight is 272 g/mol. The third kappa shape index (κ3) is 4.35. The van der Waals surface area contributed by atoms with E-state index in [2.05, 4.69) is 5.32 Å². The minimum Gasteiger partial charge on any atom is -0.348 e. The number of benzene rings is 1. The molecule has 1 aromatic carbocycles. The highest BCUT2D eigenvalue weighted by Crippen LogP contribution is 2.07. The molecule has 0 saturated carbocycles. The van der Waals surface area contributed by atoms with Crippen molar-refractivity contribution < 1.29 is 4.79 Å². The molecule has 2 aromatic rings. The van der Waals surface area contributed by atoms with Crippen molar-refractivity contribution in [1.29, 1.82) is 0 Å². The molecule has 4 heteroatoms. The minimum atomic E-state index is -0.0932. The maximum absolute atomic E-state index is 11.6. The van der Waals surface area contributed by atoms with Crippen molar-refractivity contribution >= 4 is 23.3 Å². The van der Waals surface area contributed by atoms with Crippen LogP contribution in [0.1, 0.15) is 16.7 Å². The van der Waals surface area contributed by atoms with Gasteiger partial charge in [0.05, 0.1) is 0 Å². The Bertz CT molecular complexity index is 561. The predicted molar refractivity (Wildman–Crippen MR) is 79.5 cm³/mol. The van der Waals surface area contributed by atoms with Crippen LogP contribution >= 0.6 is 11.3 Å². The van der Waals surface area contributed by atoms with Gasteiger partial charge in [-0.15, -0.1) is 0 Å². The summed E-state index contributed by atoms with van der Waals surface area (Å²) in [5.41, 5.74) is 8.75. The number of hydrogen-bond acceptors (Lipinski definition) is 3. The van der Waals surface area contributed by atoms with Gasteiger partial charge >= 0.3 is 0 Å². The smallest absolute Gasteiger partial charge is 0.244 e. The molecule has 0 aliphatic heterocycles. The molecule has 0 aliphatic rings. The zero-order valence-corrected chi connectivity index (χ0v) is 11.3. The lowest BCUT2D eigenvalue weighted by Gasteiger charge is -2.04. The van der Waals surface area contributed by atoms with E-state index in [1.54, 1.807) is 17.4 Å². The molecule has 0 saturated heterocycles. The van der Waals surface area contributed by atoms with E-state index in [1.807, 2.05) is 47.2 Å². The summed E-state index contributed by atoms with van der Waals surface area (Å²) in [6, 6.07) is 9.87. The van der Waals surface area contributed by atoms with E-state index < -0.39 is 0 Å². The molecule has 2 rings (SSSR count). The molecule has 0 spiro atoms. The van der Waals surface area contributed by atoms with E-state index in [0.717, 1.165) is 16.7 Å². The molecule has 0 atom stereocenters. The lowest BCUT2D eigenvalue weighted by atomic mass is 10.1. The predicted octanol–water partition coefficient (Wildman–Crippen LogP) is 2.54. The molecule has 98 valence electrons. The second kappa shape index (κ2) is 6.87. The fraction of sp³-hybridized carbons (Fsp3) is 0.133. The number of nitrogens with two attached hydrogens (primary N) is 1. The summed E-state index contributed by atoms with van der Waals surface area (Å²) in [7, 11) is 0. The first kappa shape index (κ1) is 13.5. The van der Waals surface area contributed by atoms with Crippen LogP contribution in [0, 0.1) is 0 Å². The van der Waals surface area contributed by atoms with Crippen LogP contribution in [0.25, 0.3) is 6.08 Å². The van der Waals surface area contributed by atoms with E-state index in [9.17, 15) is 4.79 Å². The number of rotatable bonds is 5. The summed E-state index contributed by atoms with van der Waals surface area (Å²) in [4.78, 5) is 11.6. The van der Waals surface area contributed by atoms with E-state index in [4.69, 9.17) is 5.73 Å². The van der Waals surface area contributed by atoms with Gasteiger partial charge in [0.1, 0.15) is 0 Å². The zero-order valence-electron chi connectivity index (χ0n) is 10.5. The first-order valence-electron chi connectivity index (χ1n) is 6.04. The molecule has 3 nitrogen and oxygen atoms in total. The van der Waals surface area contributed by atoms with Crippen LogP contribution in [-0.2, 0) is 17.9 Å². The number of hydrogen-bond donors (Lipinski definition) is 2. The van der Waals surface area contributed by atoms with Crippen molar-refractivity contribution in [2.75, 3.05) is 0 Å². The Morgan fingerprint density at radius 3 is 2.89 bits per heavy atom. The molecular formula is C15H16N2OS. The summed E-state index contributed by atoms with van der Waals surface area (Å²) in [5.74, 6) is -0.0932. The number of carbonyl (C=O) groups is 1. The topological polar surface area (TPSA) is 55.1 Å². The lowest BCUT2D eigenvalue weighted by molar-refractivity contribution is -0.116. The van der Waals surface area contributed by atoms with Crippen LogP contribution in [0.15, 0.2) is 47.2 Å². The number of nitrogens with one attached hydrogen (secondary N) is 1. The molecule has 0 unspecified atom stereocenters. The zero-order chi connectivity index (χ0) is 13.5. The van der Waals surface area contributed by atoms with Crippen molar-refractivity contribution in [3.05, 3.63) is 63.9 Å². The lowest BCUT2D eigenvalue weighted by Crippen LogP contribution is -2.20. The maximum atomic E-state index is 11.6. The fourth-order valence-electron chi connectivity index (χ4n) is 1.66. The van der Waals surface area contributed by atoms with Gasteiger partial charge in [0.2, 0.25) is 5.91 Å². The Morgan fingerprint density at radius 1 is 1.32 bits per heavy atom. The Labute approximate surface area is 116 Å².